The van der Waals surface area contributed by atoms with Crippen molar-refractivity contribution in [1.82, 2.24) is 4.98 Å². The van der Waals surface area contributed by atoms with E-state index in [0.717, 1.165) is 36.3 Å². The third-order valence-corrected chi connectivity index (χ3v) is 3.80. The molecule has 0 aliphatic carbocycles. The predicted molar refractivity (Wildman–Crippen MR) is 76.7 cm³/mol. The Labute approximate surface area is 121 Å². The number of amides is 1. The number of hydrogen-bond donors (Lipinski definition) is 2. The van der Waals surface area contributed by atoms with Gasteiger partial charge in [0, 0.05) is 36.3 Å². The summed E-state index contributed by atoms with van der Waals surface area (Å²) in [6.45, 7) is 1.49. The number of nitrogens with two attached hydrogens (primary N) is 1. The summed E-state index contributed by atoms with van der Waals surface area (Å²) in [4.78, 5) is 15.5. The van der Waals surface area contributed by atoms with Gasteiger partial charge in [-0.3, -0.25) is 4.79 Å². The third kappa shape index (κ3) is 4.47. The quantitative estimate of drug-likeness (QED) is 0.866. The smallest absolute Gasteiger partial charge is 0.219 e. The zero-order valence-electron chi connectivity index (χ0n) is 10.6. The maximum absolute atomic E-state index is 11.2. The highest BCUT2D eigenvalue weighted by Gasteiger charge is 2.25. The van der Waals surface area contributed by atoms with Crippen LogP contribution in [0.2, 0.25) is 0 Å². The maximum Gasteiger partial charge on any atom is 0.219 e. The average Bonchev–Trinajstić information content (AvgIpc) is 2.38. The number of carbonyl (C=O) groups is 1. The van der Waals surface area contributed by atoms with Crippen molar-refractivity contribution in [3.8, 4) is 0 Å². The molecular weight excluding hydrogens is 310 g/mol. The SMILES string of the molecule is NC(=O)CC(Nc1cc(Br)ccn1)C1CCOCC1. The Bertz CT molecular complexity index is 436. The summed E-state index contributed by atoms with van der Waals surface area (Å²) in [6, 6.07) is 3.78. The summed E-state index contributed by atoms with van der Waals surface area (Å²) in [7, 11) is 0. The average molecular weight is 328 g/mol. The summed E-state index contributed by atoms with van der Waals surface area (Å²) in [5.41, 5.74) is 5.34. The Kier molecular flexibility index (Phi) is 5.15. The molecule has 0 spiro atoms. The van der Waals surface area contributed by atoms with E-state index in [9.17, 15) is 4.79 Å². The standard InChI is InChI=1S/C13H18BrN3O2/c14-10-1-4-16-13(7-10)17-11(8-12(15)18)9-2-5-19-6-3-9/h1,4,7,9,11H,2-3,5-6,8H2,(H2,15,18)(H,16,17). The number of carbonyl (C=O) groups excluding carboxylic acids is 1. The van der Waals surface area contributed by atoms with Gasteiger partial charge < -0.3 is 15.8 Å². The first kappa shape index (κ1) is 14.3. The molecular formula is C13H18BrN3O2. The number of aromatic nitrogens is 1. The number of anilines is 1. The molecule has 1 aromatic heterocycles. The second kappa shape index (κ2) is 6.86. The molecule has 0 aromatic carbocycles. The number of nitrogens with one attached hydrogen (secondary N) is 1. The van der Waals surface area contributed by atoms with Gasteiger partial charge in [-0.2, -0.15) is 0 Å². The molecule has 104 valence electrons. The van der Waals surface area contributed by atoms with Crippen LogP contribution >= 0.6 is 15.9 Å². The van der Waals surface area contributed by atoms with Crippen molar-refractivity contribution < 1.29 is 9.53 Å². The monoisotopic (exact) mass is 327 g/mol. The number of nitrogens with zero attached hydrogens (tertiary/aromatic N) is 1. The van der Waals surface area contributed by atoms with Crippen molar-refractivity contribution in [3.63, 3.8) is 0 Å². The van der Waals surface area contributed by atoms with Crippen LogP contribution in [0.15, 0.2) is 22.8 Å². The summed E-state index contributed by atoms with van der Waals surface area (Å²) >= 11 is 3.41. The number of hydrogen-bond acceptors (Lipinski definition) is 4. The van der Waals surface area contributed by atoms with Gasteiger partial charge in [0.05, 0.1) is 0 Å². The van der Waals surface area contributed by atoms with E-state index in [0.29, 0.717) is 12.3 Å². The van der Waals surface area contributed by atoms with Crippen LogP contribution in [0.4, 0.5) is 5.82 Å². The summed E-state index contributed by atoms with van der Waals surface area (Å²) in [5.74, 6) is 0.855. The Morgan fingerprint density at radius 2 is 2.32 bits per heavy atom. The number of halogens is 1. The molecule has 1 aliphatic rings. The molecule has 0 bridgehead atoms. The Morgan fingerprint density at radius 3 is 2.95 bits per heavy atom. The normalized spacial score (nSPS) is 17.9. The first-order valence-corrected chi connectivity index (χ1v) is 7.18. The lowest BCUT2D eigenvalue weighted by atomic mass is 9.89. The van der Waals surface area contributed by atoms with Gasteiger partial charge >= 0.3 is 0 Å². The zero-order chi connectivity index (χ0) is 13.7. The van der Waals surface area contributed by atoms with Gasteiger partial charge in [0.25, 0.3) is 0 Å². The fourth-order valence-electron chi connectivity index (χ4n) is 2.34. The largest absolute Gasteiger partial charge is 0.381 e. The van der Waals surface area contributed by atoms with Crippen LogP contribution < -0.4 is 11.1 Å². The maximum atomic E-state index is 11.2. The fraction of sp³-hybridized carbons (Fsp3) is 0.538. The second-order valence-corrected chi connectivity index (χ2v) is 5.65. The predicted octanol–water partition coefficient (Wildman–Crippen LogP) is 1.93. The molecule has 1 atom stereocenters. The van der Waals surface area contributed by atoms with Crippen molar-refractivity contribution in [2.45, 2.75) is 25.3 Å². The van der Waals surface area contributed by atoms with Crippen molar-refractivity contribution in [2.24, 2.45) is 11.7 Å². The molecule has 1 unspecified atom stereocenters. The first-order chi connectivity index (χ1) is 9.15. The molecule has 2 rings (SSSR count). The molecule has 3 N–H and O–H groups in total. The van der Waals surface area contributed by atoms with Crippen LogP contribution in [0, 0.1) is 5.92 Å². The molecule has 1 aromatic rings. The number of rotatable bonds is 5. The van der Waals surface area contributed by atoms with Crippen LogP contribution in [0.3, 0.4) is 0 Å². The van der Waals surface area contributed by atoms with Gasteiger partial charge in [-0.1, -0.05) is 15.9 Å². The van der Waals surface area contributed by atoms with Gasteiger partial charge in [0.2, 0.25) is 5.91 Å². The molecule has 2 heterocycles. The highest BCUT2D eigenvalue weighted by atomic mass is 79.9. The Morgan fingerprint density at radius 1 is 1.58 bits per heavy atom. The third-order valence-electron chi connectivity index (χ3n) is 3.31. The van der Waals surface area contributed by atoms with E-state index in [-0.39, 0.29) is 11.9 Å². The van der Waals surface area contributed by atoms with Gasteiger partial charge in [0.15, 0.2) is 0 Å². The fourth-order valence-corrected chi connectivity index (χ4v) is 2.68. The number of pyridine rings is 1. The summed E-state index contributed by atoms with van der Waals surface area (Å²) in [6.07, 6.45) is 3.93. The molecule has 5 nitrogen and oxygen atoms in total. The highest BCUT2D eigenvalue weighted by molar-refractivity contribution is 9.10. The van der Waals surface area contributed by atoms with E-state index in [1.54, 1.807) is 6.20 Å². The number of ether oxygens (including phenoxy) is 1. The van der Waals surface area contributed by atoms with E-state index in [4.69, 9.17) is 10.5 Å². The molecule has 1 aliphatic heterocycles. The molecule has 1 fully saturated rings. The molecule has 0 radical (unpaired) electrons. The van der Waals surface area contributed by atoms with E-state index in [1.807, 2.05) is 12.1 Å². The lowest BCUT2D eigenvalue weighted by Gasteiger charge is -2.30. The lowest BCUT2D eigenvalue weighted by Crippen LogP contribution is -2.37. The molecule has 1 amide bonds. The van der Waals surface area contributed by atoms with Gasteiger partial charge in [0.1, 0.15) is 5.82 Å². The van der Waals surface area contributed by atoms with Crippen LogP contribution in [-0.4, -0.2) is 30.1 Å². The van der Waals surface area contributed by atoms with E-state index < -0.39 is 0 Å². The lowest BCUT2D eigenvalue weighted by molar-refractivity contribution is -0.118. The van der Waals surface area contributed by atoms with Gasteiger partial charge in [-0.05, 0) is 30.9 Å². The minimum Gasteiger partial charge on any atom is -0.381 e. The van der Waals surface area contributed by atoms with Crippen molar-refractivity contribution in [1.29, 1.82) is 0 Å². The summed E-state index contributed by atoms with van der Waals surface area (Å²) in [5, 5.41) is 3.32. The van der Waals surface area contributed by atoms with Crippen LogP contribution in [0.1, 0.15) is 19.3 Å². The molecule has 19 heavy (non-hydrogen) atoms. The molecule has 1 saturated heterocycles. The van der Waals surface area contributed by atoms with Crippen LogP contribution in [-0.2, 0) is 9.53 Å². The Hall–Kier alpha value is -1.14. The topological polar surface area (TPSA) is 77.2 Å². The minimum absolute atomic E-state index is 0.0169. The number of primary amides is 1. The summed E-state index contributed by atoms with van der Waals surface area (Å²) < 4.78 is 6.31. The van der Waals surface area contributed by atoms with Crippen LogP contribution in [0.25, 0.3) is 0 Å². The zero-order valence-corrected chi connectivity index (χ0v) is 12.2. The molecule has 0 saturated carbocycles. The van der Waals surface area contributed by atoms with E-state index >= 15 is 0 Å². The van der Waals surface area contributed by atoms with Crippen molar-refractivity contribution >= 4 is 27.7 Å². The first-order valence-electron chi connectivity index (χ1n) is 6.39. The van der Waals surface area contributed by atoms with Crippen molar-refractivity contribution in [3.05, 3.63) is 22.8 Å². The van der Waals surface area contributed by atoms with Crippen LogP contribution in [0.5, 0.6) is 0 Å². The molecule has 6 heteroatoms. The second-order valence-electron chi connectivity index (χ2n) is 4.73. The van der Waals surface area contributed by atoms with E-state index in [1.165, 1.54) is 0 Å². The Balaban J connectivity index is 2.06. The minimum atomic E-state index is -0.293. The van der Waals surface area contributed by atoms with Gasteiger partial charge in [-0.15, -0.1) is 0 Å². The van der Waals surface area contributed by atoms with Crippen molar-refractivity contribution in [2.75, 3.05) is 18.5 Å². The van der Waals surface area contributed by atoms with Gasteiger partial charge in [-0.25, -0.2) is 4.98 Å². The van der Waals surface area contributed by atoms with E-state index in [2.05, 4.69) is 26.2 Å². The highest BCUT2D eigenvalue weighted by Crippen LogP contribution is 2.24.